The number of aromatic nitrogens is 3. The van der Waals surface area contributed by atoms with E-state index in [-0.39, 0.29) is 11.4 Å². The first-order chi connectivity index (χ1) is 15.1. The van der Waals surface area contributed by atoms with Crippen molar-refractivity contribution < 1.29 is 4.39 Å². The molecule has 2 aromatic carbocycles. The molecule has 2 heterocycles. The summed E-state index contributed by atoms with van der Waals surface area (Å²) in [5.41, 5.74) is 4.74. The molecule has 0 saturated carbocycles. The number of imidazole rings is 1. The Morgan fingerprint density at radius 1 is 0.903 bits per heavy atom. The second-order valence-corrected chi connectivity index (χ2v) is 7.12. The van der Waals surface area contributed by atoms with Crippen LogP contribution in [0.4, 0.5) is 15.8 Å². The van der Waals surface area contributed by atoms with Gasteiger partial charge in [-0.3, -0.25) is 4.79 Å². The van der Waals surface area contributed by atoms with Gasteiger partial charge in [0.1, 0.15) is 17.5 Å². The largest absolute Gasteiger partial charge is 0.342 e. The van der Waals surface area contributed by atoms with Crippen LogP contribution in [0.3, 0.4) is 0 Å². The van der Waals surface area contributed by atoms with Gasteiger partial charge in [0.2, 0.25) is 0 Å². The quantitative estimate of drug-likeness (QED) is 0.322. The predicted octanol–water partition coefficient (Wildman–Crippen LogP) is 5.16. The van der Waals surface area contributed by atoms with E-state index in [1.165, 1.54) is 12.1 Å². The number of benzene rings is 2. The van der Waals surface area contributed by atoms with Gasteiger partial charge in [-0.05, 0) is 42.5 Å². The molecule has 0 atom stereocenters. The number of nitrogens with zero attached hydrogens (tertiary/aromatic N) is 1. The molecule has 0 bridgehead atoms. The van der Waals surface area contributed by atoms with Crippen molar-refractivity contribution in [2.75, 3.05) is 10.6 Å². The average molecular weight is 411 g/mol. The van der Waals surface area contributed by atoms with Crippen LogP contribution in [0.25, 0.3) is 33.7 Å². The van der Waals surface area contributed by atoms with Crippen LogP contribution >= 0.6 is 0 Å². The van der Waals surface area contributed by atoms with E-state index >= 15 is 0 Å². The molecule has 0 fully saturated rings. The molecule has 5 rings (SSSR count). The number of aromatic amines is 2. The van der Waals surface area contributed by atoms with Gasteiger partial charge in [-0.2, -0.15) is 0 Å². The molecule has 2 aliphatic rings. The normalized spacial score (nSPS) is 11.0. The number of H-pyrrole nitrogens is 2. The highest BCUT2D eigenvalue weighted by atomic mass is 19.1. The maximum absolute atomic E-state index is 13.4. The zero-order chi connectivity index (χ0) is 21.4. The summed E-state index contributed by atoms with van der Waals surface area (Å²) in [5.74, 6) is 0.671. The minimum atomic E-state index is -0.327. The van der Waals surface area contributed by atoms with E-state index in [0.29, 0.717) is 28.4 Å². The van der Waals surface area contributed by atoms with E-state index < -0.39 is 0 Å². The van der Waals surface area contributed by atoms with Crippen LogP contribution in [0.2, 0.25) is 0 Å². The third-order valence-corrected chi connectivity index (χ3v) is 4.92. The van der Waals surface area contributed by atoms with Crippen LogP contribution in [-0.2, 0) is 0 Å². The summed E-state index contributed by atoms with van der Waals surface area (Å²) >= 11 is 0. The van der Waals surface area contributed by atoms with E-state index in [1.54, 1.807) is 12.1 Å². The first-order valence-corrected chi connectivity index (χ1v) is 9.66. The fraction of sp³-hybridized carbons (Fsp3) is 0. The molecule has 0 amide bonds. The molecule has 1 aromatic heterocycles. The van der Waals surface area contributed by atoms with Crippen LogP contribution < -0.4 is 16.2 Å². The second-order valence-electron chi connectivity index (χ2n) is 7.12. The summed E-state index contributed by atoms with van der Waals surface area (Å²) in [6, 6.07) is 21.2. The Morgan fingerprint density at radius 3 is 2.55 bits per heavy atom. The van der Waals surface area contributed by atoms with Crippen molar-refractivity contribution in [3.63, 3.8) is 0 Å². The molecule has 0 unspecified atom stereocenters. The number of anilines is 2. The Balaban J connectivity index is 1.43. The number of fused-ring (bicyclic) bond motifs is 2. The summed E-state index contributed by atoms with van der Waals surface area (Å²) in [5, 5.41) is 6.16. The fourth-order valence-corrected chi connectivity index (χ4v) is 3.56. The lowest BCUT2D eigenvalue weighted by molar-refractivity contribution is 0.628. The Labute approximate surface area is 176 Å². The molecule has 7 heteroatoms. The number of halogens is 1. The van der Waals surface area contributed by atoms with Crippen LogP contribution in [0.5, 0.6) is 0 Å². The second kappa shape index (κ2) is 7.46. The standard InChI is InChI=1S/C24H18FN5O/c1-14(26-16-7-5-6-15(25)12-16)27-17-10-11-20-21(13-17)29-23(28-20)22-18-8-3-2-4-9-19(18)30-24(22)31/h2-13,26-27H,1H2,(H,28,29)(H,30,31). The molecule has 4 N–H and O–H groups in total. The van der Waals surface area contributed by atoms with Crippen LogP contribution in [0.15, 0.2) is 90.0 Å². The fourth-order valence-electron chi connectivity index (χ4n) is 3.56. The summed E-state index contributed by atoms with van der Waals surface area (Å²) in [4.78, 5) is 23.3. The van der Waals surface area contributed by atoms with Crippen LogP contribution in [-0.4, -0.2) is 15.0 Å². The van der Waals surface area contributed by atoms with E-state index in [9.17, 15) is 9.18 Å². The lowest BCUT2D eigenvalue weighted by Crippen LogP contribution is -2.08. The van der Waals surface area contributed by atoms with Crippen LogP contribution in [0.1, 0.15) is 0 Å². The topological polar surface area (TPSA) is 85.6 Å². The van der Waals surface area contributed by atoms with E-state index in [4.69, 9.17) is 0 Å². The third kappa shape index (κ3) is 3.64. The van der Waals surface area contributed by atoms with Crippen molar-refractivity contribution >= 4 is 22.4 Å². The number of hydrogen-bond acceptors (Lipinski definition) is 4. The molecule has 6 nitrogen and oxygen atoms in total. The van der Waals surface area contributed by atoms with Crippen LogP contribution in [0, 0.1) is 5.82 Å². The van der Waals surface area contributed by atoms with Gasteiger partial charge in [-0.25, -0.2) is 9.37 Å². The number of nitrogens with one attached hydrogen (secondary N) is 4. The Morgan fingerprint density at radius 2 is 1.71 bits per heavy atom. The van der Waals surface area contributed by atoms with Gasteiger partial charge in [-0.1, -0.05) is 36.9 Å². The van der Waals surface area contributed by atoms with Crippen molar-refractivity contribution in [1.82, 2.24) is 15.0 Å². The highest BCUT2D eigenvalue weighted by Crippen LogP contribution is 2.29. The van der Waals surface area contributed by atoms with Crippen molar-refractivity contribution in [1.29, 1.82) is 0 Å². The molecule has 0 radical (unpaired) electrons. The van der Waals surface area contributed by atoms with Crippen molar-refractivity contribution in [2.45, 2.75) is 0 Å². The molecule has 0 saturated heterocycles. The maximum atomic E-state index is 13.4. The lowest BCUT2D eigenvalue weighted by Gasteiger charge is -2.12. The highest BCUT2D eigenvalue weighted by molar-refractivity contribution is 5.87. The van der Waals surface area contributed by atoms with Crippen molar-refractivity contribution in [2.24, 2.45) is 0 Å². The molecular formula is C24H18FN5O. The third-order valence-electron chi connectivity index (χ3n) is 4.92. The minimum absolute atomic E-state index is 0.189. The Kier molecular flexibility index (Phi) is 4.48. The number of rotatable bonds is 5. The van der Waals surface area contributed by atoms with Gasteiger partial charge in [0.05, 0.1) is 16.6 Å². The molecule has 1 aliphatic heterocycles. The maximum Gasteiger partial charge on any atom is 0.260 e. The van der Waals surface area contributed by atoms with Crippen molar-refractivity contribution in [3.8, 4) is 22.6 Å². The average Bonchev–Trinajstić information content (AvgIpc) is 3.19. The summed E-state index contributed by atoms with van der Waals surface area (Å²) in [6.45, 7) is 3.93. The molecular weight excluding hydrogens is 393 g/mol. The van der Waals surface area contributed by atoms with Gasteiger partial charge in [0.25, 0.3) is 5.56 Å². The van der Waals surface area contributed by atoms with Gasteiger partial charge < -0.3 is 20.6 Å². The Bertz CT molecular complexity index is 1450. The first-order valence-electron chi connectivity index (χ1n) is 9.66. The zero-order valence-electron chi connectivity index (χ0n) is 16.4. The molecule has 1 aliphatic carbocycles. The number of hydrogen-bond donors (Lipinski definition) is 4. The minimum Gasteiger partial charge on any atom is -0.342 e. The molecule has 31 heavy (non-hydrogen) atoms. The zero-order valence-corrected chi connectivity index (χ0v) is 16.4. The van der Waals surface area contributed by atoms with Crippen molar-refractivity contribution in [3.05, 3.63) is 101 Å². The molecule has 3 aromatic rings. The predicted molar refractivity (Wildman–Crippen MR) is 122 cm³/mol. The van der Waals surface area contributed by atoms with Gasteiger partial charge >= 0.3 is 0 Å². The summed E-state index contributed by atoms with van der Waals surface area (Å²) in [7, 11) is 0. The first kappa shape index (κ1) is 18.6. The van der Waals surface area contributed by atoms with Gasteiger partial charge in [0, 0.05) is 22.6 Å². The summed E-state index contributed by atoms with van der Waals surface area (Å²) in [6.07, 6.45) is 0. The lowest BCUT2D eigenvalue weighted by atomic mass is 10.1. The van der Waals surface area contributed by atoms with E-state index in [2.05, 4.69) is 32.2 Å². The van der Waals surface area contributed by atoms with E-state index in [0.717, 1.165) is 22.5 Å². The molecule has 0 spiro atoms. The smallest absolute Gasteiger partial charge is 0.260 e. The van der Waals surface area contributed by atoms with E-state index in [1.807, 2.05) is 48.5 Å². The SMILES string of the molecule is C=C(Nc1cccc(F)c1)Nc1ccc2[nH]c(-c3c4cccccc-4[nH]c3=O)nc2c1. The summed E-state index contributed by atoms with van der Waals surface area (Å²) < 4.78 is 13.4. The molecule has 152 valence electrons. The monoisotopic (exact) mass is 411 g/mol. The Hall–Kier alpha value is -4.39. The highest BCUT2D eigenvalue weighted by Gasteiger charge is 2.18. The van der Waals surface area contributed by atoms with Gasteiger partial charge in [0.15, 0.2) is 0 Å². The van der Waals surface area contributed by atoms with Gasteiger partial charge in [-0.15, -0.1) is 0 Å².